The lowest BCUT2D eigenvalue weighted by atomic mass is 9.74. The predicted molar refractivity (Wildman–Crippen MR) is 442 cm³/mol. The Kier molecular flexibility index (Phi) is 58.6. The first-order valence-electron chi connectivity index (χ1n) is 40.9. The van der Waals surface area contributed by atoms with Crippen molar-refractivity contribution in [3.63, 3.8) is 0 Å². The minimum atomic E-state index is 0. The van der Waals surface area contributed by atoms with Crippen molar-refractivity contribution in [1.82, 2.24) is 0 Å². The van der Waals surface area contributed by atoms with E-state index < -0.39 is 0 Å². The molecule has 4 atom stereocenters. The van der Waals surface area contributed by atoms with Gasteiger partial charge in [0.15, 0.2) is 0 Å². The van der Waals surface area contributed by atoms with Gasteiger partial charge in [-0.2, -0.15) is 0 Å². The van der Waals surface area contributed by atoms with Crippen LogP contribution in [0.1, 0.15) is 421 Å². The van der Waals surface area contributed by atoms with Gasteiger partial charge in [0.2, 0.25) is 0 Å². The standard InChI is InChI=1S/C13H16.2C12H14.2C12H16.C11H16.2C5H12.6C2H6.2CH4/c1-4-10-6-2-8-12-9-3-7-11(5-1)13(10)12;2*1-3-9-4-2-6-11-8-7-10(5-1)12(9)11;2*1-2-10-7-5-8-11-6-3-4-9-12(10)11;1-3-10(4-2)11-8-6-5-7-9-11;2*1-3-5-4-2;6*1-2;;/h1,4-5,12H,2-3,6-9H2;2*1,3,5,11H,2,4,6-8H2;2*3-4,6,9-10H,2,5,7-8H2,1H3;5-10H,3-4H2,1-2H3;2*3-5H2,1-2H3;6*1-2H3;2*1H4. The average molecular weight is 1310 g/mol. The van der Waals surface area contributed by atoms with Crippen LogP contribution in [-0.4, -0.2) is 0 Å². The van der Waals surface area contributed by atoms with Crippen molar-refractivity contribution in [2.24, 2.45) is 0 Å². The molecule has 96 heavy (non-hydrogen) atoms. The van der Waals surface area contributed by atoms with Crippen molar-refractivity contribution in [3.05, 3.63) is 211 Å². The van der Waals surface area contributed by atoms with E-state index in [1.165, 1.54) is 211 Å². The SMILES string of the molecule is C.C.CC.CC.CC.CC.CC.CC.CCC(CC)c1ccccc1.CCC1CCCc2ccccc21.CCC1CCCc2ccccc21.CCCCC.CCCCC.c1cc2c3c(c1)CCC3CCC2.c1cc2c3c(c1)CCC3CCC2.c1cc2c3c(c1)CCCC3CCC2. The number of hydrogen-bond acceptors (Lipinski definition) is 0. The monoisotopic (exact) mass is 1310 g/mol. The van der Waals surface area contributed by atoms with Crippen molar-refractivity contribution in [1.29, 1.82) is 0 Å². The zero-order valence-corrected chi connectivity index (χ0v) is 65.8. The first-order valence-corrected chi connectivity index (χ1v) is 40.9. The van der Waals surface area contributed by atoms with Gasteiger partial charge in [-0.15, -0.1) is 0 Å². The lowest BCUT2D eigenvalue weighted by Crippen LogP contribution is -2.16. The molecule has 6 aromatic carbocycles. The minimum absolute atomic E-state index is 0. The van der Waals surface area contributed by atoms with Gasteiger partial charge in [-0.3, -0.25) is 0 Å². The maximum Gasteiger partial charge on any atom is -0.0153 e. The molecule has 0 bridgehead atoms. The molecule has 0 radical (unpaired) electrons. The predicted octanol–water partition coefficient (Wildman–Crippen LogP) is 32.0. The Balaban J connectivity index is 0. The molecule has 0 fully saturated rings. The summed E-state index contributed by atoms with van der Waals surface area (Å²) in [5.74, 6) is 5.24. The fraction of sp³-hybridized carbons (Fsp3) is 0.625. The Morgan fingerprint density at radius 3 is 0.802 bits per heavy atom. The lowest BCUT2D eigenvalue weighted by molar-refractivity contribution is 0.476. The zero-order chi connectivity index (χ0) is 69.7. The van der Waals surface area contributed by atoms with Crippen molar-refractivity contribution in [2.75, 3.05) is 0 Å². The smallest absolute Gasteiger partial charge is 0.0153 e. The average Bonchev–Trinajstić information content (AvgIpc) is 1.68. The topological polar surface area (TPSA) is 0 Å². The Hall–Kier alpha value is -4.68. The van der Waals surface area contributed by atoms with E-state index >= 15 is 0 Å². The van der Waals surface area contributed by atoms with Crippen LogP contribution in [0.5, 0.6) is 0 Å². The molecular weight excluding hydrogens is 1150 g/mol. The fourth-order valence-electron chi connectivity index (χ4n) is 15.7. The van der Waals surface area contributed by atoms with Crippen LogP contribution in [0.3, 0.4) is 0 Å². The molecular formula is C96H160. The Labute approximate surface area is 602 Å². The minimum Gasteiger partial charge on any atom is -0.0776 e. The summed E-state index contributed by atoms with van der Waals surface area (Å²) in [7, 11) is 0. The van der Waals surface area contributed by atoms with E-state index in [0.717, 1.165) is 35.5 Å². The summed E-state index contributed by atoms with van der Waals surface area (Å²) in [5, 5.41) is 0. The molecule has 4 unspecified atom stereocenters. The maximum absolute atomic E-state index is 2.34. The van der Waals surface area contributed by atoms with Crippen LogP contribution in [0.2, 0.25) is 0 Å². The molecule has 0 heterocycles. The third-order valence-electron chi connectivity index (χ3n) is 20.2. The fourth-order valence-corrected chi connectivity index (χ4v) is 15.7. The third-order valence-corrected chi connectivity index (χ3v) is 20.2. The summed E-state index contributed by atoms with van der Waals surface area (Å²) in [6.07, 6.45) is 43.7. The molecule has 6 aromatic rings. The van der Waals surface area contributed by atoms with Gasteiger partial charge in [-0.25, -0.2) is 0 Å². The number of hydrogen-bond donors (Lipinski definition) is 0. The number of benzene rings is 6. The third kappa shape index (κ3) is 31.2. The van der Waals surface area contributed by atoms with E-state index in [-0.39, 0.29) is 14.9 Å². The second-order valence-electron chi connectivity index (χ2n) is 25.7. The quantitative estimate of drug-likeness (QED) is 0.135. The number of unbranched alkanes of at least 4 members (excludes halogenated alkanes) is 4. The zero-order valence-electron chi connectivity index (χ0n) is 65.8. The normalized spacial score (nSPS) is 17.2. The molecule has 0 heteroatoms. The van der Waals surface area contributed by atoms with Gasteiger partial charge in [0.1, 0.15) is 0 Å². The Morgan fingerprint density at radius 1 is 0.271 bits per heavy atom. The molecule has 544 valence electrons. The largest absolute Gasteiger partial charge is 0.0776 e. The highest BCUT2D eigenvalue weighted by atomic mass is 14.3. The van der Waals surface area contributed by atoms with Gasteiger partial charge in [0, 0.05) is 0 Å². The second kappa shape index (κ2) is 60.3. The molecule has 0 saturated heterocycles. The van der Waals surface area contributed by atoms with Gasteiger partial charge < -0.3 is 0 Å². The molecule has 0 N–H and O–H groups in total. The van der Waals surface area contributed by atoms with Crippen LogP contribution in [0.15, 0.2) is 133 Å². The van der Waals surface area contributed by atoms with Crippen molar-refractivity contribution in [2.45, 2.75) is 394 Å². The van der Waals surface area contributed by atoms with Crippen LogP contribution in [0.4, 0.5) is 0 Å². The molecule has 0 spiro atoms. The molecule has 0 saturated carbocycles. The highest BCUT2D eigenvalue weighted by Crippen LogP contribution is 2.44. The summed E-state index contributed by atoms with van der Waals surface area (Å²) in [6, 6.07) is 49.3. The van der Waals surface area contributed by atoms with Crippen LogP contribution >= 0.6 is 0 Å². The molecule has 0 aliphatic heterocycles. The van der Waals surface area contributed by atoms with Gasteiger partial charge >= 0.3 is 0 Å². The van der Waals surface area contributed by atoms with Gasteiger partial charge in [0.05, 0.1) is 0 Å². The molecule has 0 nitrogen and oxygen atoms in total. The van der Waals surface area contributed by atoms with E-state index in [4.69, 9.17) is 0 Å². The number of rotatable bonds is 9. The summed E-state index contributed by atoms with van der Waals surface area (Å²) in [4.78, 5) is 0. The molecule has 0 aromatic heterocycles. The summed E-state index contributed by atoms with van der Waals surface area (Å²) in [5.41, 5.74) is 23.1. The highest BCUT2D eigenvalue weighted by molar-refractivity contribution is 5.45. The Bertz CT molecular complexity index is 2530. The summed E-state index contributed by atoms with van der Waals surface area (Å²) in [6.45, 7) is 41.9. The highest BCUT2D eigenvalue weighted by Gasteiger charge is 2.29. The van der Waals surface area contributed by atoms with Crippen LogP contribution < -0.4 is 0 Å². The van der Waals surface area contributed by atoms with E-state index in [2.05, 4.69) is 189 Å². The first kappa shape index (κ1) is 93.4. The molecule has 8 aliphatic rings. The number of aryl methyl sites for hydroxylation is 8. The molecule has 0 amide bonds. The van der Waals surface area contributed by atoms with Crippen LogP contribution in [-0.2, 0) is 51.4 Å². The van der Waals surface area contributed by atoms with Crippen molar-refractivity contribution in [3.8, 4) is 0 Å². The van der Waals surface area contributed by atoms with E-state index in [1.54, 1.807) is 72.3 Å². The van der Waals surface area contributed by atoms with Gasteiger partial charge in [-0.05, 0) is 280 Å². The van der Waals surface area contributed by atoms with Gasteiger partial charge in [-0.1, -0.05) is 325 Å². The first-order chi connectivity index (χ1) is 46.4. The lowest BCUT2D eigenvalue weighted by Gasteiger charge is -2.31. The number of fused-ring (bicyclic) bond motifs is 2. The van der Waals surface area contributed by atoms with E-state index in [9.17, 15) is 0 Å². The van der Waals surface area contributed by atoms with E-state index in [0.29, 0.717) is 0 Å². The van der Waals surface area contributed by atoms with Crippen molar-refractivity contribution >= 4 is 0 Å². The van der Waals surface area contributed by atoms with E-state index in [1.807, 2.05) is 83.1 Å². The van der Waals surface area contributed by atoms with Gasteiger partial charge in [0.25, 0.3) is 0 Å². The molecule has 14 rings (SSSR count). The molecule has 8 aliphatic carbocycles. The van der Waals surface area contributed by atoms with Crippen LogP contribution in [0, 0.1) is 0 Å². The van der Waals surface area contributed by atoms with Crippen molar-refractivity contribution < 1.29 is 0 Å². The summed E-state index contributed by atoms with van der Waals surface area (Å²) < 4.78 is 0. The summed E-state index contributed by atoms with van der Waals surface area (Å²) >= 11 is 0. The Morgan fingerprint density at radius 2 is 0.521 bits per heavy atom. The maximum atomic E-state index is 2.34. The van der Waals surface area contributed by atoms with Crippen LogP contribution in [0.25, 0.3) is 0 Å². The second-order valence-corrected chi connectivity index (χ2v) is 25.7.